The fourth-order valence-electron chi connectivity index (χ4n) is 2.75. The molecule has 2 rings (SSSR count). The molecule has 0 spiro atoms. The van der Waals surface area contributed by atoms with Gasteiger partial charge in [-0.05, 0) is 65.2 Å². The summed E-state index contributed by atoms with van der Waals surface area (Å²) in [5.74, 6) is -0.293. The number of ether oxygens (including phenoxy) is 1. The van der Waals surface area contributed by atoms with Gasteiger partial charge in [0, 0.05) is 12.1 Å². The molecule has 1 aliphatic heterocycles. The Balaban J connectivity index is 2.02. The number of benzene rings is 1. The molecule has 0 aromatic heterocycles. The van der Waals surface area contributed by atoms with Crippen molar-refractivity contribution in [3.8, 4) is 0 Å². The Morgan fingerprint density at radius 3 is 2.44 bits per heavy atom. The lowest BCUT2D eigenvalue weighted by molar-refractivity contribution is -0.127. The molecule has 0 saturated carbocycles. The molecule has 7 heteroatoms. The molecule has 148 valence electrons. The summed E-state index contributed by atoms with van der Waals surface area (Å²) in [7, 11) is 0. The van der Waals surface area contributed by atoms with E-state index in [1.807, 2.05) is 25.1 Å². The zero-order valence-electron chi connectivity index (χ0n) is 16.9. The van der Waals surface area contributed by atoms with E-state index >= 15 is 0 Å². The number of alkyl carbamates (subject to hydrolysis) is 1. The fourth-order valence-corrected chi connectivity index (χ4v) is 2.75. The van der Waals surface area contributed by atoms with Crippen LogP contribution in [0.25, 0.3) is 0 Å². The average molecular weight is 375 g/mol. The zero-order valence-corrected chi connectivity index (χ0v) is 16.9. The predicted molar refractivity (Wildman–Crippen MR) is 103 cm³/mol. The summed E-state index contributed by atoms with van der Waals surface area (Å²) < 4.78 is 5.22. The van der Waals surface area contributed by atoms with E-state index in [0.29, 0.717) is 12.8 Å². The second-order valence-corrected chi connectivity index (χ2v) is 8.41. The third-order valence-corrected chi connectivity index (χ3v) is 4.25. The van der Waals surface area contributed by atoms with Crippen molar-refractivity contribution in [1.29, 1.82) is 0 Å². The van der Waals surface area contributed by atoms with Crippen LogP contribution in [0.1, 0.15) is 65.1 Å². The highest BCUT2D eigenvalue weighted by Gasteiger charge is 2.32. The summed E-state index contributed by atoms with van der Waals surface area (Å²) in [5.41, 5.74) is 1.05. The molecule has 3 N–H and O–H groups in total. The summed E-state index contributed by atoms with van der Waals surface area (Å²) >= 11 is 0. The summed E-state index contributed by atoms with van der Waals surface area (Å²) in [6.07, 6.45) is 0.505. The lowest BCUT2D eigenvalue weighted by Crippen LogP contribution is -2.55. The summed E-state index contributed by atoms with van der Waals surface area (Å²) in [6, 6.07) is 5.48. The first-order chi connectivity index (χ1) is 12.4. The fraction of sp³-hybridized carbons (Fsp3) is 0.550. The van der Waals surface area contributed by atoms with E-state index in [9.17, 15) is 14.4 Å². The molecule has 0 unspecified atom stereocenters. The molecule has 0 bridgehead atoms. The van der Waals surface area contributed by atoms with E-state index < -0.39 is 17.2 Å². The number of rotatable bonds is 4. The van der Waals surface area contributed by atoms with Gasteiger partial charge in [-0.25, -0.2) is 4.79 Å². The van der Waals surface area contributed by atoms with Crippen LogP contribution in [0, 0.1) is 0 Å². The maximum absolute atomic E-state index is 12.6. The second kappa shape index (κ2) is 7.58. The molecule has 1 atom stereocenters. The Labute approximate surface area is 160 Å². The molecule has 27 heavy (non-hydrogen) atoms. The van der Waals surface area contributed by atoms with Crippen molar-refractivity contribution in [3.63, 3.8) is 0 Å². The highest BCUT2D eigenvalue weighted by Crippen LogP contribution is 2.26. The van der Waals surface area contributed by atoms with Gasteiger partial charge >= 0.3 is 6.09 Å². The van der Waals surface area contributed by atoms with E-state index in [0.717, 1.165) is 16.8 Å². The molecule has 3 amide bonds. The average Bonchev–Trinajstić information content (AvgIpc) is 2.51. The molecular weight excluding hydrogens is 346 g/mol. The molecular formula is C20H29N3O4. The minimum absolute atomic E-state index is 0.0200. The van der Waals surface area contributed by atoms with Crippen LogP contribution in [0.15, 0.2) is 18.2 Å². The van der Waals surface area contributed by atoms with Gasteiger partial charge in [-0.3, -0.25) is 9.59 Å². The number of carbonyl (C=O) groups excluding carboxylic acids is 3. The first-order valence-corrected chi connectivity index (χ1v) is 9.12. The lowest BCUT2D eigenvalue weighted by Gasteiger charge is -2.29. The molecule has 1 heterocycles. The van der Waals surface area contributed by atoms with E-state index in [1.165, 1.54) is 0 Å². The molecule has 0 radical (unpaired) electrons. The smallest absolute Gasteiger partial charge is 0.408 e. The molecule has 1 aromatic carbocycles. The van der Waals surface area contributed by atoms with Crippen molar-refractivity contribution in [2.24, 2.45) is 0 Å². The summed E-state index contributed by atoms with van der Waals surface area (Å²) in [6.45, 7) is 10.4. The van der Waals surface area contributed by atoms with Crippen LogP contribution in [0.3, 0.4) is 0 Å². The van der Waals surface area contributed by atoms with Gasteiger partial charge in [0.15, 0.2) is 0 Å². The van der Waals surface area contributed by atoms with Gasteiger partial charge in [0.1, 0.15) is 11.1 Å². The van der Waals surface area contributed by atoms with Crippen molar-refractivity contribution in [2.45, 2.75) is 71.6 Å². The van der Waals surface area contributed by atoms with Crippen LogP contribution in [0.4, 0.5) is 10.5 Å². The number of amides is 3. The van der Waals surface area contributed by atoms with Crippen molar-refractivity contribution < 1.29 is 19.1 Å². The van der Waals surface area contributed by atoms with Gasteiger partial charge in [0.05, 0.1) is 6.04 Å². The van der Waals surface area contributed by atoms with Gasteiger partial charge < -0.3 is 20.7 Å². The molecule has 7 nitrogen and oxygen atoms in total. The highest BCUT2D eigenvalue weighted by atomic mass is 16.6. The Kier molecular flexibility index (Phi) is 5.82. The number of fused-ring (bicyclic) bond motifs is 1. The third kappa shape index (κ3) is 5.70. The Morgan fingerprint density at radius 1 is 1.15 bits per heavy atom. The largest absolute Gasteiger partial charge is 0.444 e. The van der Waals surface area contributed by atoms with Gasteiger partial charge in [-0.15, -0.1) is 0 Å². The Hall–Kier alpha value is -2.57. The molecule has 0 fully saturated rings. The first kappa shape index (κ1) is 20.7. The third-order valence-electron chi connectivity index (χ3n) is 4.25. The van der Waals surface area contributed by atoms with Gasteiger partial charge in [-0.1, -0.05) is 12.1 Å². The number of hydrogen-bond donors (Lipinski definition) is 3. The van der Waals surface area contributed by atoms with Crippen molar-refractivity contribution in [3.05, 3.63) is 29.3 Å². The minimum atomic E-state index is -1.13. The highest BCUT2D eigenvalue weighted by molar-refractivity contribution is 5.94. The van der Waals surface area contributed by atoms with Gasteiger partial charge in [-0.2, -0.15) is 0 Å². The maximum atomic E-state index is 12.6. The molecule has 0 aliphatic carbocycles. The monoisotopic (exact) mass is 375 g/mol. The second-order valence-electron chi connectivity index (χ2n) is 8.41. The van der Waals surface area contributed by atoms with Gasteiger partial charge in [0.2, 0.25) is 11.8 Å². The normalized spacial score (nSPS) is 15.3. The molecule has 1 aromatic rings. The van der Waals surface area contributed by atoms with Crippen LogP contribution >= 0.6 is 0 Å². The number of aryl methyl sites for hydroxylation is 1. The van der Waals surface area contributed by atoms with E-state index in [2.05, 4.69) is 16.0 Å². The molecule has 1 aliphatic rings. The number of nitrogens with one attached hydrogen (secondary N) is 3. The summed E-state index contributed by atoms with van der Waals surface area (Å²) in [5, 5.41) is 8.37. The van der Waals surface area contributed by atoms with E-state index in [-0.39, 0.29) is 17.9 Å². The van der Waals surface area contributed by atoms with E-state index in [4.69, 9.17) is 4.74 Å². The van der Waals surface area contributed by atoms with Crippen LogP contribution in [-0.4, -0.2) is 29.0 Å². The van der Waals surface area contributed by atoms with Crippen molar-refractivity contribution in [2.75, 3.05) is 5.32 Å². The predicted octanol–water partition coefficient (Wildman–Crippen LogP) is 3.05. The standard InChI is InChI=1S/C20H29N3O4/c1-12(13-7-9-15-14(11-13)8-10-16(24)22-15)21-17(25)20(5,6)23-18(26)27-19(2,3)4/h7,9,11-12H,8,10H2,1-6H3,(H,21,25)(H,22,24)(H,23,26)/t12-/m1/s1. The quantitative estimate of drug-likeness (QED) is 0.753. The Bertz CT molecular complexity index is 750. The summed E-state index contributed by atoms with van der Waals surface area (Å²) in [4.78, 5) is 36.1. The van der Waals surface area contributed by atoms with Crippen LogP contribution in [0.2, 0.25) is 0 Å². The minimum Gasteiger partial charge on any atom is -0.444 e. The number of carbonyl (C=O) groups is 3. The maximum Gasteiger partial charge on any atom is 0.408 e. The van der Waals surface area contributed by atoms with Crippen molar-refractivity contribution >= 4 is 23.6 Å². The van der Waals surface area contributed by atoms with Crippen LogP contribution in [0.5, 0.6) is 0 Å². The topological polar surface area (TPSA) is 96.5 Å². The lowest BCUT2D eigenvalue weighted by atomic mass is 9.97. The number of anilines is 1. The van der Waals surface area contributed by atoms with Gasteiger partial charge in [0.25, 0.3) is 0 Å². The SMILES string of the molecule is C[C@@H](NC(=O)C(C)(C)NC(=O)OC(C)(C)C)c1ccc2c(c1)CCC(=O)N2. The molecule has 0 saturated heterocycles. The van der Waals surface area contributed by atoms with Crippen LogP contribution in [-0.2, 0) is 20.7 Å². The number of hydrogen-bond acceptors (Lipinski definition) is 4. The Morgan fingerprint density at radius 2 is 1.81 bits per heavy atom. The van der Waals surface area contributed by atoms with Crippen LogP contribution < -0.4 is 16.0 Å². The first-order valence-electron chi connectivity index (χ1n) is 9.12. The zero-order chi connectivity index (χ0) is 20.4. The van der Waals surface area contributed by atoms with E-state index in [1.54, 1.807) is 34.6 Å². The van der Waals surface area contributed by atoms with Crippen molar-refractivity contribution in [1.82, 2.24) is 10.6 Å².